The average molecular weight is 491 g/mol. The predicted octanol–water partition coefficient (Wildman–Crippen LogP) is 6.80. The molecule has 0 bridgehead atoms. The Labute approximate surface area is 215 Å². The summed E-state index contributed by atoms with van der Waals surface area (Å²) in [4.78, 5) is 5.32. The van der Waals surface area contributed by atoms with Crippen molar-refractivity contribution >= 4 is 24.6 Å². The number of ether oxygens (including phenoxy) is 1. The van der Waals surface area contributed by atoms with Crippen molar-refractivity contribution in [2.75, 3.05) is 6.54 Å². The molecule has 0 amide bonds. The van der Waals surface area contributed by atoms with Crippen LogP contribution < -0.4 is 10.6 Å². The molecule has 0 N–H and O–H groups in total. The minimum atomic E-state index is -0.689. The van der Waals surface area contributed by atoms with Crippen molar-refractivity contribution in [3.05, 3.63) is 132 Å². The summed E-state index contributed by atoms with van der Waals surface area (Å²) in [6.45, 7) is 1.05. The Hall–Kier alpha value is -3.26. The fourth-order valence-corrected chi connectivity index (χ4v) is 8.01. The molecule has 180 valence electrons. The third-order valence-electron chi connectivity index (χ3n) is 7.09. The SMILES string of the molecule is c1ccc([C@H]2N=C([C@H]3CCCCN3P(c3ccccc3)c3ccccc3)O[C@H]2c2ccccc2)cc1. The molecule has 0 radical (unpaired) electrons. The highest BCUT2D eigenvalue weighted by Gasteiger charge is 2.41. The van der Waals surface area contributed by atoms with E-state index in [9.17, 15) is 0 Å². The van der Waals surface area contributed by atoms with Crippen LogP contribution >= 0.6 is 8.07 Å². The molecule has 1 saturated heterocycles. The maximum absolute atomic E-state index is 6.82. The Kier molecular flexibility index (Phi) is 6.94. The van der Waals surface area contributed by atoms with Crippen molar-refractivity contribution in [3.63, 3.8) is 0 Å². The lowest BCUT2D eigenvalue weighted by Crippen LogP contribution is -2.45. The second-order valence-corrected chi connectivity index (χ2v) is 11.6. The summed E-state index contributed by atoms with van der Waals surface area (Å²) < 4.78 is 9.52. The van der Waals surface area contributed by atoms with Gasteiger partial charge in [0.25, 0.3) is 0 Å². The van der Waals surface area contributed by atoms with E-state index in [-0.39, 0.29) is 18.2 Å². The van der Waals surface area contributed by atoms with Gasteiger partial charge >= 0.3 is 0 Å². The highest BCUT2D eigenvalue weighted by molar-refractivity contribution is 7.70. The topological polar surface area (TPSA) is 24.8 Å². The van der Waals surface area contributed by atoms with Gasteiger partial charge in [-0.1, -0.05) is 128 Å². The molecular formula is C32H31N2OP. The van der Waals surface area contributed by atoms with E-state index in [0.29, 0.717) is 0 Å². The van der Waals surface area contributed by atoms with Crippen molar-refractivity contribution in [2.45, 2.75) is 37.5 Å². The van der Waals surface area contributed by atoms with E-state index in [2.05, 4.69) is 126 Å². The molecule has 0 aromatic heterocycles. The smallest absolute Gasteiger partial charge is 0.202 e. The van der Waals surface area contributed by atoms with Gasteiger partial charge in [-0.3, -0.25) is 4.67 Å². The Morgan fingerprint density at radius 1 is 0.639 bits per heavy atom. The van der Waals surface area contributed by atoms with Gasteiger partial charge in [0.05, 0.1) is 6.04 Å². The molecule has 2 aliphatic heterocycles. The van der Waals surface area contributed by atoms with Crippen LogP contribution in [0.2, 0.25) is 0 Å². The van der Waals surface area contributed by atoms with Crippen LogP contribution in [0.15, 0.2) is 126 Å². The molecule has 0 saturated carbocycles. The molecule has 0 spiro atoms. The van der Waals surface area contributed by atoms with Crippen LogP contribution in [0.1, 0.15) is 42.5 Å². The zero-order valence-corrected chi connectivity index (χ0v) is 21.3. The first-order chi connectivity index (χ1) is 17.9. The van der Waals surface area contributed by atoms with E-state index in [0.717, 1.165) is 18.9 Å². The van der Waals surface area contributed by atoms with Crippen molar-refractivity contribution in [3.8, 4) is 0 Å². The molecular weight excluding hydrogens is 459 g/mol. The molecule has 6 rings (SSSR count). The molecule has 36 heavy (non-hydrogen) atoms. The molecule has 4 heteroatoms. The van der Waals surface area contributed by atoms with E-state index >= 15 is 0 Å². The predicted molar refractivity (Wildman–Crippen MR) is 150 cm³/mol. The average Bonchev–Trinajstić information content (AvgIpc) is 3.41. The van der Waals surface area contributed by atoms with Gasteiger partial charge in [-0.2, -0.15) is 0 Å². The van der Waals surface area contributed by atoms with E-state index in [4.69, 9.17) is 9.73 Å². The number of hydrogen-bond acceptors (Lipinski definition) is 3. The van der Waals surface area contributed by atoms with E-state index < -0.39 is 8.07 Å². The van der Waals surface area contributed by atoms with Crippen molar-refractivity contribution < 1.29 is 4.74 Å². The zero-order valence-electron chi connectivity index (χ0n) is 20.4. The summed E-state index contributed by atoms with van der Waals surface area (Å²) in [6.07, 6.45) is 3.36. The van der Waals surface area contributed by atoms with Crippen LogP contribution in [0.4, 0.5) is 0 Å². The first kappa shape index (κ1) is 23.2. The second kappa shape index (κ2) is 10.8. The van der Waals surface area contributed by atoms with Gasteiger partial charge in [-0.15, -0.1) is 0 Å². The molecule has 3 nitrogen and oxygen atoms in total. The van der Waals surface area contributed by atoms with Gasteiger partial charge in [-0.05, 0) is 34.6 Å². The molecule has 1 fully saturated rings. The summed E-state index contributed by atoms with van der Waals surface area (Å²) in [7, 11) is -0.689. The lowest BCUT2D eigenvalue weighted by atomic mass is 9.97. The third-order valence-corrected chi connectivity index (χ3v) is 9.66. The quantitative estimate of drug-likeness (QED) is 0.278. The third kappa shape index (κ3) is 4.74. The fraction of sp³-hybridized carbons (Fsp3) is 0.219. The largest absolute Gasteiger partial charge is 0.469 e. The lowest BCUT2D eigenvalue weighted by molar-refractivity contribution is 0.173. The summed E-state index contributed by atoms with van der Waals surface area (Å²) in [6, 6.07) is 43.3. The summed E-state index contributed by atoms with van der Waals surface area (Å²) in [5.41, 5.74) is 2.39. The van der Waals surface area contributed by atoms with Crippen LogP contribution in [0.25, 0.3) is 0 Å². The van der Waals surface area contributed by atoms with Crippen LogP contribution in [0, 0.1) is 0 Å². The van der Waals surface area contributed by atoms with Gasteiger partial charge in [0.2, 0.25) is 5.90 Å². The first-order valence-electron chi connectivity index (χ1n) is 12.9. The Bertz CT molecular complexity index is 1240. The normalized spacial score (nSPS) is 22.2. The van der Waals surface area contributed by atoms with Crippen LogP contribution in [-0.2, 0) is 4.74 Å². The number of hydrogen-bond donors (Lipinski definition) is 0. The van der Waals surface area contributed by atoms with E-state index in [1.165, 1.54) is 34.6 Å². The van der Waals surface area contributed by atoms with E-state index in [1.807, 2.05) is 0 Å². The minimum absolute atomic E-state index is 0.0351. The number of piperidine rings is 1. The van der Waals surface area contributed by atoms with Gasteiger partial charge < -0.3 is 4.74 Å². The summed E-state index contributed by atoms with van der Waals surface area (Å²) in [5.74, 6) is 0.900. The molecule has 2 heterocycles. The monoisotopic (exact) mass is 490 g/mol. The van der Waals surface area contributed by atoms with Crippen LogP contribution in [0.5, 0.6) is 0 Å². The maximum Gasteiger partial charge on any atom is 0.202 e. The van der Waals surface area contributed by atoms with Crippen molar-refractivity contribution in [1.29, 1.82) is 0 Å². The Morgan fingerprint density at radius 2 is 1.17 bits per heavy atom. The van der Waals surface area contributed by atoms with E-state index in [1.54, 1.807) is 0 Å². The van der Waals surface area contributed by atoms with Crippen molar-refractivity contribution in [1.82, 2.24) is 4.67 Å². The van der Waals surface area contributed by atoms with Crippen LogP contribution in [-0.4, -0.2) is 23.2 Å². The number of rotatable bonds is 6. The fourth-order valence-electron chi connectivity index (χ4n) is 5.38. The minimum Gasteiger partial charge on any atom is -0.469 e. The Balaban J connectivity index is 1.40. The highest BCUT2D eigenvalue weighted by atomic mass is 31.1. The second-order valence-electron chi connectivity index (χ2n) is 9.43. The molecule has 0 unspecified atom stereocenters. The Morgan fingerprint density at radius 3 is 1.75 bits per heavy atom. The molecule has 0 aliphatic carbocycles. The van der Waals surface area contributed by atoms with Crippen molar-refractivity contribution in [2.24, 2.45) is 4.99 Å². The maximum atomic E-state index is 6.82. The van der Waals surface area contributed by atoms with Gasteiger partial charge in [0.1, 0.15) is 6.04 Å². The van der Waals surface area contributed by atoms with Gasteiger partial charge in [0.15, 0.2) is 6.10 Å². The molecule has 2 aliphatic rings. The highest BCUT2D eigenvalue weighted by Crippen LogP contribution is 2.47. The first-order valence-corrected chi connectivity index (χ1v) is 14.2. The van der Waals surface area contributed by atoms with Crippen LogP contribution in [0.3, 0.4) is 0 Å². The lowest BCUT2D eigenvalue weighted by Gasteiger charge is -2.41. The number of benzene rings is 4. The van der Waals surface area contributed by atoms with Gasteiger partial charge in [0, 0.05) is 14.6 Å². The molecule has 4 aromatic carbocycles. The number of nitrogens with zero attached hydrogens (tertiary/aromatic N) is 2. The molecule has 3 atom stereocenters. The summed E-state index contributed by atoms with van der Waals surface area (Å²) >= 11 is 0. The zero-order chi connectivity index (χ0) is 24.2. The summed E-state index contributed by atoms with van der Waals surface area (Å²) in [5, 5.41) is 2.76. The standard InChI is InChI=1S/C32H31N2OP/c1-5-15-25(16-6-1)30-31(26-17-7-2-8-18-26)35-32(33-30)29-23-13-14-24-34(29)36(27-19-9-3-10-20-27)28-21-11-4-12-22-28/h1-12,15-22,29-31H,13-14,23-24H2/t29-,30-,31+/m1/s1. The number of aliphatic imine (C=N–C) groups is 1. The van der Waals surface area contributed by atoms with Gasteiger partial charge in [-0.25, -0.2) is 4.99 Å². The molecule has 4 aromatic rings.